The number of ether oxygens (including phenoxy) is 2. The zero-order chi connectivity index (χ0) is 22.3. The van der Waals surface area contributed by atoms with Crippen LogP contribution in [0.3, 0.4) is 0 Å². The van der Waals surface area contributed by atoms with Crippen molar-refractivity contribution in [2.24, 2.45) is 0 Å². The second kappa shape index (κ2) is 10.2. The number of nitrogens with zero attached hydrogens (tertiary/aromatic N) is 6. The van der Waals surface area contributed by atoms with Crippen molar-refractivity contribution in [1.29, 1.82) is 0 Å². The normalized spacial score (nSPS) is 14.4. The molecule has 0 atom stereocenters. The number of rotatable bonds is 8. The van der Waals surface area contributed by atoms with Gasteiger partial charge >= 0.3 is 0 Å². The average molecular weight is 440 g/mol. The first-order valence-electron chi connectivity index (χ1n) is 10.5. The lowest BCUT2D eigenvalue weighted by Gasteiger charge is -2.34. The fourth-order valence-electron chi connectivity index (χ4n) is 3.48. The van der Waals surface area contributed by atoms with E-state index in [9.17, 15) is 9.18 Å². The summed E-state index contributed by atoms with van der Waals surface area (Å²) in [6.07, 6.45) is 0. The topological polar surface area (TPSA) is 85.6 Å². The zero-order valence-corrected chi connectivity index (χ0v) is 17.9. The van der Waals surface area contributed by atoms with E-state index in [1.807, 2.05) is 19.1 Å². The van der Waals surface area contributed by atoms with Crippen molar-refractivity contribution in [2.45, 2.75) is 13.5 Å². The molecule has 1 aliphatic heterocycles. The highest BCUT2D eigenvalue weighted by atomic mass is 19.1. The fourth-order valence-corrected chi connectivity index (χ4v) is 3.48. The molecule has 1 fully saturated rings. The summed E-state index contributed by atoms with van der Waals surface area (Å²) < 4.78 is 25.8. The number of carbonyl (C=O) groups excluding carboxylic acids is 1. The van der Waals surface area contributed by atoms with Crippen molar-refractivity contribution in [3.8, 4) is 17.2 Å². The SMILES string of the molecule is CCOc1ccc(OCC(=O)N2CCN(Cc3nnnn3-c3ccc(F)cc3)CC2)cc1. The van der Waals surface area contributed by atoms with E-state index < -0.39 is 0 Å². The van der Waals surface area contributed by atoms with E-state index in [0.717, 1.165) is 5.75 Å². The molecule has 1 amide bonds. The molecule has 1 aliphatic rings. The molecule has 0 radical (unpaired) electrons. The van der Waals surface area contributed by atoms with Crippen LogP contribution in [0, 0.1) is 5.82 Å². The number of tetrazole rings is 1. The first-order valence-corrected chi connectivity index (χ1v) is 10.5. The van der Waals surface area contributed by atoms with E-state index in [1.54, 1.807) is 33.8 Å². The summed E-state index contributed by atoms with van der Waals surface area (Å²) in [5.74, 6) is 1.71. The number of piperazine rings is 1. The predicted octanol–water partition coefficient (Wildman–Crippen LogP) is 1.92. The number of amides is 1. The second-order valence-corrected chi connectivity index (χ2v) is 7.33. The van der Waals surface area contributed by atoms with Gasteiger partial charge in [0, 0.05) is 26.2 Å². The van der Waals surface area contributed by atoms with Gasteiger partial charge in [-0.1, -0.05) is 0 Å². The van der Waals surface area contributed by atoms with E-state index in [-0.39, 0.29) is 18.3 Å². The molecule has 4 rings (SSSR count). The van der Waals surface area contributed by atoms with Crippen molar-refractivity contribution in [3.05, 3.63) is 60.2 Å². The Morgan fingerprint density at radius 1 is 0.969 bits per heavy atom. The molecule has 2 heterocycles. The summed E-state index contributed by atoms with van der Waals surface area (Å²) in [6, 6.07) is 13.2. The molecular formula is C22H25FN6O3. The largest absolute Gasteiger partial charge is 0.494 e. The van der Waals surface area contributed by atoms with Crippen molar-refractivity contribution >= 4 is 5.91 Å². The third-order valence-corrected chi connectivity index (χ3v) is 5.19. The molecule has 0 spiro atoms. The maximum atomic E-state index is 13.2. The van der Waals surface area contributed by atoms with Crippen LogP contribution in [0.2, 0.25) is 0 Å². The average Bonchev–Trinajstić information content (AvgIpc) is 3.27. The third kappa shape index (κ3) is 5.38. The van der Waals surface area contributed by atoms with Gasteiger partial charge in [-0.15, -0.1) is 5.10 Å². The van der Waals surface area contributed by atoms with Crippen LogP contribution in [0.15, 0.2) is 48.5 Å². The Hall–Kier alpha value is -3.53. The van der Waals surface area contributed by atoms with Crippen LogP contribution in [0.4, 0.5) is 4.39 Å². The number of hydrogen-bond donors (Lipinski definition) is 0. The van der Waals surface area contributed by atoms with Gasteiger partial charge in [0.15, 0.2) is 12.4 Å². The van der Waals surface area contributed by atoms with Gasteiger partial charge in [0.1, 0.15) is 17.3 Å². The molecule has 32 heavy (non-hydrogen) atoms. The minimum absolute atomic E-state index is 0.00318. The quantitative estimate of drug-likeness (QED) is 0.529. The lowest BCUT2D eigenvalue weighted by Crippen LogP contribution is -2.49. The van der Waals surface area contributed by atoms with Gasteiger partial charge in [-0.05, 0) is 65.9 Å². The van der Waals surface area contributed by atoms with E-state index in [2.05, 4.69) is 20.4 Å². The molecule has 0 N–H and O–H groups in total. The fraction of sp³-hybridized carbons (Fsp3) is 0.364. The highest BCUT2D eigenvalue weighted by molar-refractivity contribution is 5.77. The number of hydrogen-bond acceptors (Lipinski definition) is 7. The molecule has 1 saturated heterocycles. The van der Waals surface area contributed by atoms with Gasteiger partial charge in [-0.25, -0.2) is 4.39 Å². The maximum Gasteiger partial charge on any atom is 0.260 e. The van der Waals surface area contributed by atoms with Gasteiger partial charge in [0.25, 0.3) is 5.91 Å². The van der Waals surface area contributed by atoms with Crippen molar-refractivity contribution in [2.75, 3.05) is 39.4 Å². The van der Waals surface area contributed by atoms with Crippen molar-refractivity contribution in [1.82, 2.24) is 30.0 Å². The molecule has 3 aromatic rings. The molecule has 9 nitrogen and oxygen atoms in total. The van der Waals surface area contributed by atoms with Crippen molar-refractivity contribution in [3.63, 3.8) is 0 Å². The smallest absolute Gasteiger partial charge is 0.260 e. The molecule has 0 saturated carbocycles. The van der Waals surface area contributed by atoms with Crippen molar-refractivity contribution < 1.29 is 18.7 Å². The number of halogens is 1. The minimum atomic E-state index is -0.310. The zero-order valence-electron chi connectivity index (χ0n) is 17.9. The Kier molecular flexibility index (Phi) is 6.90. The summed E-state index contributed by atoms with van der Waals surface area (Å²) in [5.41, 5.74) is 0.701. The van der Waals surface area contributed by atoms with Crippen LogP contribution in [-0.2, 0) is 11.3 Å². The first-order chi connectivity index (χ1) is 15.6. The molecule has 168 valence electrons. The highest BCUT2D eigenvalue weighted by Gasteiger charge is 2.23. The summed E-state index contributed by atoms with van der Waals surface area (Å²) in [4.78, 5) is 16.5. The lowest BCUT2D eigenvalue weighted by atomic mass is 10.3. The second-order valence-electron chi connectivity index (χ2n) is 7.33. The van der Waals surface area contributed by atoms with E-state index >= 15 is 0 Å². The Bertz CT molecular complexity index is 1020. The molecule has 1 aromatic heterocycles. The molecule has 10 heteroatoms. The maximum absolute atomic E-state index is 13.2. The van der Waals surface area contributed by atoms with Crippen LogP contribution in [0.25, 0.3) is 5.69 Å². The highest BCUT2D eigenvalue weighted by Crippen LogP contribution is 2.18. The molecular weight excluding hydrogens is 415 g/mol. The predicted molar refractivity (Wildman–Crippen MR) is 114 cm³/mol. The third-order valence-electron chi connectivity index (χ3n) is 5.19. The van der Waals surface area contributed by atoms with Crippen LogP contribution in [0.5, 0.6) is 11.5 Å². The molecule has 2 aromatic carbocycles. The molecule has 0 unspecified atom stereocenters. The number of carbonyl (C=O) groups is 1. The molecule has 0 bridgehead atoms. The lowest BCUT2D eigenvalue weighted by molar-refractivity contribution is -0.135. The Morgan fingerprint density at radius 2 is 1.62 bits per heavy atom. The van der Waals surface area contributed by atoms with Gasteiger partial charge in [-0.2, -0.15) is 4.68 Å². The number of aromatic nitrogens is 4. The van der Waals surface area contributed by atoms with Gasteiger partial charge in [-0.3, -0.25) is 9.69 Å². The molecule has 0 aliphatic carbocycles. The van der Waals surface area contributed by atoms with Gasteiger partial charge in [0.2, 0.25) is 0 Å². The van der Waals surface area contributed by atoms with Crippen LogP contribution < -0.4 is 9.47 Å². The van der Waals surface area contributed by atoms with E-state index in [4.69, 9.17) is 9.47 Å². The summed E-state index contributed by atoms with van der Waals surface area (Å²) in [7, 11) is 0. The summed E-state index contributed by atoms with van der Waals surface area (Å²) >= 11 is 0. The first kappa shape index (κ1) is 21.7. The van der Waals surface area contributed by atoms with Crippen LogP contribution in [-0.4, -0.2) is 75.3 Å². The number of benzene rings is 2. The van der Waals surface area contributed by atoms with Crippen LogP contribution in [0.1, 0.15) is 12.7 Å². The minimum Gasteiger partial charge on any atom is -0.494 e. The van der Waals surface area contributed by atoms with Gasteiger partial charge < -0.3 is 14.4 Å². The van der Waals surface area contributed by atoms with Crippen LogP contribution >= 0.6 is 0 Å². The monoisotopic (exact) mass is 440 g/mol. The Labute approximate surface area is 185 Å². The summed E-state index contributed by atoms with van der Waals surface area (Å²) in [5, 5.41) is 11.9. The Balaban J connectivity index is 1.25. The standard InChI is InChI=1S/C22H25FN6O3/c1-2-31-19-7-9-20(10-8-19)32-16-22(30)28-13-11-27(12-14-28)15-21-24-25-26-29(21)18-5-3-17(23)4-6-18/h3-10H,2,11-16H2,1H3. The summed E-state index contributed by atoms with van der Waals surface area (Å²) in [6.45, 7) is 5.66. The Morgan fingerprint density at radius 3 is 2.28 bits per heavy atom. The van der Waals surface area contributed by atoms with Gasteiger partial charge in [0.05, 0.1) is 18.8 Å². The van der Waals surface area contributed by atoms with E-state index in [1.165, 1.54) is 12.1 Å². The van der Waals surface area contributed by atoms with E-state index in [0.29, 0.717) is 56.6 Å².